The Hall–Kier alpha value is -0.940. The van der Waals surface area contributed by atoms with Crippen LogP contribution >= 0.6 is 15.9 Å². The van der Waals surface area contributed by atoms with E-state index in [4.69, 9.17) is 4.74 Å². The number of amides is 1. The maximum Gasteiger partial charge on any atom is 0.230 e. The number of anilines is 1. The summed E-state index contributed by atoms with van der Waals surface area (Å²) >= 11 is 3.24. The van der Waals surface area contributed by atoms with E-state index in [2.05, 4.69) is 21.2 Å². The van der Waals surface area contributed by atoms with Crippen molar-refractivity contribution in [1.29, 1.82) is 0 Å². The van der Waals surface area contributed by atoms with E-state index in [0.717, 1.165) is 19.3 Å². The van der Waals surface area contributed by atoms with Crippen molar-refractivity contribution in [2.45, 2.75) is 31.5 Å². The zero-order chi connectivity index (χ0) is 12.7. The first-order valence-electron chi connectivity index (χ1n) is 6.05. The molecule has 0 unspecified atom stereocenters. The van der Waals surface area contributed by atoms with Crippen LogP contribution in [0.5, 0.6) is 0 Å². The average Bonchev–Trinajstić information content (AvgIpc) is 2.96. The van der Waals surface area contributed by atoms with Gasteiger partial charge in [-0.15, -0.1) is 0 Å². The second-order valence-electron chi connectivity index (χ2n) is 4.80. The maximum atomic E-state index is 13.6. The molecular formula is C13H13BrFNO2. The molecule has 2 fully saturated rings. The summed E-state index contributed by atoms with van der Waals surface area (Å²) in [6.07, 6.45) is 2.96. The molecule has 2 aliphatic rings. The zero-order valence-electron chi connectivity index (χ0n) is 9.66. The molecule has 0 radical (unpaired) electrons. The molecule has 18 heavy (non-hydrogen) atoms. The van der Waals surface area contributed by atoms with Crippen LogP contribution in [0.4, 0.5) is 10.1 Å². The van der Waals surface area contributed by atoms with E-state index in [1.165, 1.54) is 6.07 Å². The Kier molecular flexibility index (Phi) is 3.11. The van der Waals surface area contributed by atoms with Crippen LogP contribution in [0.1, 0.15) is 19.3 Å². The lowest BCUT2D eigenvalue weighted by atomic mass is 9.88. The summed E-state index contributed by atoms with van der Waals surface area (Å²) in [5.41, 5.74) is 0.213. The van der Waals surface area contributed by atoms with Gasteiger partial charge in [-0.2, -0.15) is 0 Å². The molecule has 5 heteroatoms. The van der Waals surface area contributed by atoms with Crippen molar-refractivity contribution in [3.05, 3.63) is 28.5 Å². The minimum Gasteiger partial charge on any atom is -0.374 e. The molecule has 2 aliphatic heterocycles. The quantitative estimate of drug-likeness (QED) is 0.911. The minimum atomic E-state index is -0.429. The van der Waals surface area contributed by atoms with Crippen LogP contribution in [-0.2, 0) is 9.53 Å². The smallest absolute Gasteiger partial charge is 0.230 e. The number of ether oxygens (including phenoxy) is 1. The molecule has 1 aromatic rings. The Labute approximate surface area is 113 Å². The van der Waals surface area contributed by atoms with Crippen LogP contribution in [0, 0.1) is 11.7 Å². The van der Waals surface area contributed by atoms with Crippen LogP contribution in [0.15, 0.2) is 22.7 Å². The second kappa shape index (κ2) is 4.63. The molecule has 1 N–H and O–H groups in total. The number of hydrogen-bond donors (Lipinski definition) is 1. The van der Waals surface area contributed by atoms with E-state index in [-0.39, 0.29) is 29.7 Å². The van der Waals surface area contributed by atoms with E-state index < -0.39 is 5.82 Å². The third kappa shape index (κ3) is 2.06. The molecule has 2 saturated heterocycles. The van der Waals surface area contributed by atoms with Gasteiger partial charge in [0.2, 0.25) is 5.91 Å². The van der Waals surface area contributed by atoms with Crippen LogP contribution in [-0.4, -0.2) is 18.1 Å². The Balaban J connectivity index is 1.75. The molecular weight excluding hydrogens is 301 g/mol. The SMILES string of the molecule is O=C(Nc1c(F)cccc1Br)[C@@H]1C[C@@H]2CC[C@@H]1O2. The first-order valence-corrected chi connectivity index (χ1v) is 6.85. The molecule has 0 saturated carbocycles. The van der Waals surface area contributed by atoms with E-state index in [1.807, 2.05) is 0 Å². The van der Waals surface area contributed by atoms with Crippen molar-refractivity contribution >= 4 is 27.5 Å². The molecule has 1 aromatic carbocycles. The second-order valence-corrected chi connectivity index (χ2v) is 5.66. The van der Waals surface area contributed by atoms with Crippen LogP contribution < -0.4 is 5.32 Å². The molecule has 2 heterocycles. The number of benzene rings is 1. The van der Waals surface area contributed by atoms with Crippen LogP contribution in [0.25, 0.3) is 0 Å². The van der Waals surface area contributed by atoms with Gasteiger partial charge in [0, 0.05) is 4.47 Å². The van der Waals surface area contributed by atoms with Gasteiger partial charge in [-0.05, 0) is 47.3 Å². The third-order valence-corrected chi connectivity index (χ3v) is 4.31. The van der Waals surface area contributed by atoms with Gasteiger partial charge in [-0.25, -0.2) is 4.39 Å². The molecule has 1 amide bonds. The van der Waals surface area contributed by atoms with E-state index in [0.29, 0.717) is 4.47 Å². The number of carbonyl (C=O) groups is 1. The van der Waals surface area contributed by atoms with E-state index in [1.54, 1.807) is 12.1 Å². The number of fused-ring (bicyclic) bond motifs is 2. The van der Waals surface area contributed by atoms with Gasteiger partial charge >= 0.3 is 0 Å². The molecule has 0 aliphatic carbocycles. The fraction of sp³-hybridized carbons (Fsp3) is 0.462. The molecule has 3 rings (SSSR count). The van der Waals surface area contributed by atoms with Crippen LogP contribution in [0.2, 0.25) is 0 Å². The monoisotopic (exact) mass is 313 g/mol. The molecule has 2 bridgehead atoms. The van der Waals surface area contributed by atoms with E-state index in [9.17, 15) is 9.18 Å². The third-order valence-electron chi connectivity index (χ3n) is 3.65. The van der Waals surface area contributed by atoms with E-state index >= 15 is 0 Å². The topological polar surface area (TPSA) is 38.3 Å². The van der Waals surface area contributed by atoms with Crippen molar-refractivity contribution in [3.8, 4) is 0 Å². The lowest BCUT2D eigenvalue weighted by Crippen LogP contribution is -2.30. The van der Waals surface area contributed by atoms with Crippen molar-refractivity contribution in [2.75, 3.05) is 5.32 Å². The van der Waals surface area contributed by atoms with Gasteiger partial charge < -0.3 is 10.1 Å². The highest BCUT2D eigenvalue weighted by Crippen LogP contribution is 2.39. The highest BCUT2D eigenvalue weighted by Gasteiger charge is 2.44. The first kappa shape index (κ1) is 12.1. The first-order chi connectivity index (χ1) is 8.65. The predicted molar refractivity (Wildman–Crippen MR) is 68.7 cm³/mol. The number of halogens is 2. The standard InChI is InChI=1S/C13H13BrFNO2/c14-9-2-1-3-10(15)12(9)16-13(17)8-6-7-4-5-11(8)18-7/h1-3,7-8,11H,4-6H2,(H,16,17)/t7-,8+,11-/m0/s1. The summed E-state index contributed by atoms with van der Waals surface area (Å²) in [4.78, 5) is 12.1. The lowest BCUT2D eigenvalue weighted by Gasteiger charge is -2.18. The number of nitrogens with one attached hydrogen (secondary N) is 1. The summed E-state index contributed by atoms with van der Waals surface area (Å²) in [7, 11) is 0. The maximum absolute atomic E-state index is 13.6. The minimum absolute atomic E-state index is 0.0144. The van der Waals surface area contributed by atoms with Gasteiger partial charge in [0.15, 0.2) is 0 Å². The van der Waals surface area contributed by atoms with Crippen molar-refractivity contribution in [2.24, 2.45) is 5.92 Å². The fourth-order valence-electron chi connectivity index (χ4n) is 2.75. The largest absolute Gasteiger partial charge is 0.374 e. The molecule has 0 aromatic heterocycles. The normalized spacial score (nSPS) is 29.6. The molecule has 3 nitrogen and oxygen atoms in total. The highest BCUT2D eigenvalue weighted by atomic mass is 79.9. The fourth-order valence-corrected chi connectivity index (χ4v) is 3.19. The summed E-state index contributed by atoms with van der Waals surface area (Å²) in [6.45, 7) is 0. The predicted octanol–water partition coefficient (Wildman–Crippen LogP) is 3.09. The van der Waals surface area contributed by atoms with Crippen molar-refractivity contribution in [1.82, 2.24) is 0 Å². The summed E-state index contributed by atoms with van der Waals surface area (Å²) < 4.78 is 19.8. The number of rotatable bonds is 2. The van der Waals surface area contributed by atoms with Gasteiger partial charge in [0.25, 0.3) is 0 Å². The Morgan fingerprint density at radius 3 is 2.89 bits per heavy atom. The Morgan fingerprint density at radius 2 is 2.28 bits per heavy atom. The van der Waals surface area contributed by atoms with Gasteiger partial charge in [-0.3, -0.25) is 4.79 Å². The average molecular weight is 314 g/mol. The molecule has 3 atom stereocenters. The zero-order valence-corrected chi connectivity index (χ0v) is 11.2. The van der Waals surface area contributed by atoms with Gasteiger partial charge in [0.1, 0.15) is 5.82 Å². The number of hydrogen-bond acceptors (Lipinski definition) is 2. The van der Waals surface area contributed by atoms with Gasteiger partial charge in [-0.1, -0.05) is 6.07 Å². The van der Waals surface area contributed by atoms with Gasteiger partial charge in [0.05, 0.1) is 23.8 Å². The Bertz CT molecular complexity index is 474. The van der Waals surface area contributed by atoms with Crippen molar-refractivity contribution < 1.29 is 13.9 Å². The molecule has 96 valence electrons. The summed E-state index contributed by atoms with van der Waals surface area (Å²) in [6, 6.07) is 4.63. The number of carbonyl (C=O) groups excluding carboxylic acids is 1. The highest BCUT2D eigenvalue weighted by molar-refractivity contribution is 9.10. The van der Waals surface area contributed by atoms with Crippen LogP contribution in [0.3, 0.4) is 0 Å². The molecule has 0 spiro atoms. The van der Waals surface area contributed by atoms with Crippen molar-refractivity contribution in [3.63, 3.8) is 0 Å². The summed E-state index contributed by atoms with van der Waals surface area (Å²) in [5.74, 6) is -0.718. The lowest BCUT2D eigenvalue weighted by molar-refractivity contribution is -0.121. The summed E-state index contributed by atoms with van der Waals surface area (Å²) in [5, 5.41) is 2.66. The number of para-hydroxylation sites is 1. The Morgan fingerprint density at radius 1 is 1.44 bits per heavy atom.